The maximum Gasteiger partial charge on any atom is 0.159 e. The summed E-state index contributed by atoms with van der Waals surface area (Å²) in [6, 6.07) is 7.45. The van der Waals surface area contributed by atoms with E-state index in [1.54, 1.807) is 19.2 Å². The van der Waals surface area contributed by atoms with Crippen molar-refractivity contribution in [3.8, 4) is 17.2 Å². The van der Waals surface area contributed by atoms with Gasteiger partial charge in [-0.2, -0.15) is 0 Å². The van der Waals surface area contributed by atoms with Crippen LogP contribution >= 0.6 is 54.5 Å². The Kier molecular flexibility index (Phi) is 6.73. The number of carbonyl (C=O) groups excluding carboxylic acids is 1. The maximum atomic E-state index is 11.6. The van der Waals surface area contributed by atoms with Gasteiger partial charge in [-0.15, -0.1) is 0 Å². The van der Waals surface area contributed by atoms with E-state index < -0.39 is 0 Å². The lowest BCUT2D eigenvalue weighted by Crippen LogP contribution is -1.99. The molecule has 0 heterocycles. The molecule has 2 aromatic carbocycles. The zero-order chi connectivity index (χ0) is 18.0. The molecule has 6 heteroatoms. The molecule has 0 N–H and O–H groups in total. The van der Waals surface area contributed by atoms with Gasteiger partial charge in [-0.1, -0.05) is 13.8 Å². The molecule has 24 heavy (non-hydrogen) atoms. The van der Waals surface area contributed by atoms with Crippen LogP contribution in [0, 0.1) is 3.57 Å². The Morgan fingerprint density at radius 1 is 1.08 bits per heavy atom. The van der Waals surface area contributed by atoms with Crippen LogP contribution in [0.15, 0.2) is 33.2 Å². The predicted octanol–water partition coefficient (Wildman–Crippen LogP) is 6.94. The minimum absolute atomic E-state index is 0.00374. The Hall–Kier alpha value is -0.600. The third-order valence-corrected chi connectivity index (χ3v) is 5.48. The number of hydrogen-bond acceptors (Lipinski definition) is 3. The largest absolute Gasteiger partial charge is 0.495 e. The number of rotatable bonds is 5. The van der Waals surface area contributed by atoms with Crippen LogP contribution in [0.3, 0.4) is 0 Å². The molecule has 128 valence electrons. The molecule has 0 aromatic heterocycles. The zero-order valence-corrected chi connectivity index (χ0v) is 19.1. The molecule has 2 aromatic rings. The van der Waals surface area contributed by atoms with Gasteiger partial charge in [-0.05, 0) is 91.6 Å². The summed E-state index contributed by atoms with van der Waals surface area (Å²) in [5.74, 6) is 2.55. The van der Waals surface area contributed by atoms with E-state index in [4.69, 9.17) is 9.47 Å². The molecule has 0 saturated heterocycles. The van der Waals surface area contributed by atoms with Crippen molar-refractivity contribution in [1.29, 1.82) is 0 Å². The second-order valence-electron chi connectivity index (χ2n) is 5.61. The first-order chi connectivity index (χ1) is 11.2. The van der Waals surface area contributed by atoms with Crippen LogP contribution in [0.1, 0.15) is 42.6 Å². The van der Waals surface area contributed by atoms with Crippen LogP contribution in [0.2, 0.25) is 0 Å². The van der Waals surface area contributed by atoms with Crippen molar-refractivity contribution in [1.82, 2.24) is 0 Å². The monoisotopic (exact) mass is 566 g/mol. The summed E-state index contributed by atoms with van der Waals surface area (Å²) in [7, 11) is 1.68. The second-order valence-corrected chi connectivity index (χ2v) is 8.48. The first-order valence-corrected chi connectivity index (χ1v) is 9.96. The molecule has 0 aliphatic carbocycles. The third-order valence-electron chi connectivity index (χ3n) is 3.50. The van der Waals surface area contributed by atoms with Crippen molar-refractivity contribution in [3.05, 3.63) is 47.9 Å². The first kappa shape index (κ1) is 19.7. The molecule has 0 aliphatic rings. The topological polar surface area (TPSA) is 35.5 Å². The summed E-state index contributed by atoms with van der Waals surface area (Å²) in [5, 5.41) is 0. The predicted molar refractivity (Wildman–Crippen MR) is 112 cm³/mol. The summed E-state index contributed by atoms with van der Waals surface area (Å²) in [5.41, 5.74) is 1.71. The highest BCUT2D eigenvalue weighted by Crippen LogP contribution is 2.41. The van der Waals surface area contributed by atoms with Gasteiger partial charge >= 0.3 is 0 Å². The fourth-order valence-corrected chi connectivity index (χ4v) is 4.46. The van der Waals surface area contributed by atoms with Crippen LogP contribution in [-0.4, -0.2) is 12.9 Å². The van der Waals surface area contributed by atoms with Gasteiger partial charge in [0.25, 0.3) is 0 Å². The number of Topliss-reactive ketones (excluding diaryl/α,β-unsaturated/α-hetero) is 1. The smallest absolute Gasteiger partial charge is 0.159 e. The molecule has 0 atom stereocenters. The van der Waals surface area contributed by atoms with E-state index >= 15 is 0 Å². The summed E-state index contributed by atoms with van der Waals surface area (Å²) in [6.45, 7) is 5.77. The number of benzene rings is 2. The van der Waals surface area contributed by atoms with Crippen LogP contribution < -0.4 is 9.47 Å². The molecule has 0 radical (unpaired) electrons. The number of methoxy groups -OCH3 is 1. The highest BCUT2D eigenvalue weighted by Gasteiger charge is 2.17. The molecule has 3 nitrogen and oxygen atoms in total. The van der Waals surface area contributed by atoms with Gasteiger partial charge in [0.1, 0.15) is 11.5 Å². The Labute approximate surface area is 172 Å². The van der Waals surface area contributed by atoms with E-state index in [9.17, 15) is 4.79 Å². The average Bonchev–Trinajstić information content (AvgIpc) is 2.49. The molecule has 2 rings (SSSR count). The van der Waals surface area contributed by atoms with Crippen molar-refractivity contribution in [2.45, 2.75) is 26.7 Å². The van der Waals surface area contributed by atoms with Gasteiger partial charge in [0.2, 0.25) is 0 Å². The molecular weight excluding hydrogens is 551 g/mol. The van der Waals surface area contributed by atoms with Crippen molar-refractivity contribution in [2.24, 2.45) is 0 Å². The zero-order valence-electron chi connectivity index (χ0n) is 13.7. The van der Waals surface area contributed by atoms with Crippen molar-refractivity contribution in [2.75, 3.05) is 7.11 Å². The third kappa shape index (κ3) is 4.32. The maximum absolute atomic E-state index is 11.6. The van der Waals surface area contributed by atoms with E-state index in [0.29, 0.717) is 17.2 Å². The van der Waals surface area contributed by atoms with Gasteiger partial charge in [-0.25, -0.2) is 0 Å². The summed E-state index contributed by atoms with van der Waals surface area (Å²) >= 11 is 9.21. The number of carbonyl (C=O) groups is 1. The Morgan fingerprint density at radius 3 is 2.12 bits per heavy atom. The fourth-order valence-electron chi connectivity index (χ4n) is 2.27. The normalized spacial score (nSPS) is 10.8. The van der Waals surface area contributed by atoms with Crippen LogP contribution in [0.5, 0.6) is 17.2 Å². The molecule has 0 unspecified atom stereocenters. The summed E-state index contributed by atoms with van der Waals surface area (Å²) in [4.78, 5) is 11.6. The van der Waals surface area contributed by atoms with Gasteiger partial charge in [0.05, 0.1) is 19.6 Å². The highest BCUT2D eigenvalue weighted by atomic mass is 127. The number of halogens is 3. The standard InChI is InChI=1S/C18H17Br2IO3/c1-9(2)13-7-12(8-16(21)17(13)23-4)24-18-14(19)5-11(10(3)22)6-15(18)20/h5-9H,1-4H3. The van der Waals surface area contributed by atoms with Crippen LogP contribution in [0.4, 0.5) is 0 Å². The van der Waals surface area contributed by atoms with Crippen LogP contribution in [0.25, 0.3) is 0 Å². The average molecular weight is 568 g/mol. The van der Waals surface area contributed by atoms with Crippen LogP contribution in [-0.2, 0) is 0 Å². The van der Waals surface area contributed by atoms with Crippen molar-refractivity contribution in [3.63, 3.8) is 0 Å². The lowest BCUT2D eigenvalue weighted by Gasteiger charge is -2.17. The number of ketones is 1. The molecule has 0 amide bonds. The minimum Gasteiger partial charge on any atom is -0.495 e. The molecule has 0 bridgehead atoms. The van der Waals surface area contributed by atoms with E-state index in [2.05, 4.69) is 68.3 Å². The van der Waals surface area contributed by atoms with Crippen molar-refractivity contribution >= 4 is 60.2 Å². The summed E-state index contributed by atoms with van der Waals surface area (Å²) < 4.78 is 14.0. The van der Waals surface area contributed by atoms with E-state index in [0.717, 1.165) is 29.6 Å². The number of hydrogen-bond donors (Lipinski definition) is 0. The first-order valence-electron chi connectivity index (χ1n) is 7.29. The van der Waals surface area contributed by atoms with Gasteiger partial charge in [-0.3, -0.25) is 4.79 Å². The molecule has 0 saturated carbocycles. The number of ether oxygens (including phenoxy) is 2. The SMILES string of the molecule is COc1c(I)cc(Oc2c(Br)cc(C(C)=O)cc2Br)cc1C(C)C. The van der Waals surface area contributed by atoms with E-state index in [-0.39, 0.29) is 5.78 Å². The lowest BCUT2D eigenvalue weighted by atomic mass is 10.0. The second kappa shape index (κ2) is 8.19. The molecule has 0 fully saturated rings. The van der Waals surface area contributed by atoms with E-state index in [1.807, 2.05) is 12.1 Å². The van der Waals surface area contributed by atoms with Gasteiger partial charge < -0.3 is 9.47 Å². The molecular formula is C18H17Br2IO3. The Bertz CT molecular complexity index is 765. The summed E-state index contributed by atoms with van der Waals surface area (Å²) in [6.07, 6.45) is 0. The van der Waals surface area contributed by atoms with E-state index in [1.165, 1.54) is 6.92 Å². The fraction of sp³-hybridized carbons (Fsp3) is 0.278. The minimum atomic E-state index is 0.00374. The quantitative estimate of drug-likeness (QED) is 0.290. The molecule has 0 aliphatic heterocycles. The lowest BCUT2D eigenvalue weighted by molar-refractivity contribution is 0.101. The van der Waals surface area contributed by atoms with Crippen molar-refractivity contribution < 1.29 is 14.3 Å². The van der Waals surface area contributed by atoms with Gasteiger partial charge in [0.15, 0.2) is 11.5 Å². The highest BCUT2D eigenvalue weighted by molar-refractivity contribution is 14.1. The molecule has 0 spiro atoms. The Balaban J connectivity index is 2.47. The Morgan fingerprint density at radius 2 is 1.67 bits per heavy atom. The van der Waals surface area contributed by atoms with Gasteiger partial charge in [0, 0.05) is 11.1 Å².